The molecule has 0 saturated carbocycles. The molecule has 1 aromatic carbocycles. The lowest BCUT2D eigenvalue weighted by atomic mass is 10.2. The monoisotopic (exact) mass is 383 g/mol. The number of furan rings is 1. The molecule has 3 aromatic rings. The molecule has 1 aliphatic rings. The summed E-state index contributed by atoms with van der Waals surface area (Å²) in [6, 6.07) is 12.9. The molecule has 4 rings (SSSR count). The predicted octanol–water partition coefficient (Wildman–Crippen LogP) is 3.78. The number of rotatable bonds is 4. The minimum atomic E-state index is -0.340. The fraction of sp³-hybridized carbons (Fsp3) is 0.211. The minimum Gasteiger partial charge on any atom is -0.468 e. The third-order valence-electron chi connectivity index (χ3n) is 4.14. The van der Waals surface area contributed by atoms with Crippen LogP contribution >= 0.6 is 11.8 Å². The number of nitrogens with zero attached hydrogens (tertiary/aromatic N) is 2. The summed E-state index contributed by atoms with van der Waals surface area (Å²) in [6.45, 7) is 1.64. The summed E-state index contributed by atoms with van der Waals surface area (Å²) in [5, 5.41) is 6.27. The summed E-state index contributed by atoms with van der Waals surface area (Å²) in [4.78, 5) is 27.8. The van der Waals surface area contributed by atoms with Gasteiger partial charge in [0, 0.05) is 17.4 Å². The SMILES string of the molecule is Cc1cc(NC(=O)CN2C(=O)C[C@H](c3ccco3)Sc3ccccc32)no1. The first-order valence-electron chi connectivity index (χ1n) is 8.43. The van der Waals surface area contributed by atoms with Gasteiger partial charge in [-0.2, -0.15) is 0 Å². The molecule has 0 unspecified atom stereocenters. The fourth-order valence-corrected chi connectivity index (χ4v) is 4.17. The molecule has 1 N–H and O–H groups in total. The Morgan fingerprint density at radius 2 is 2.19 bits per heavy atom. The Morgan fingerprint density at radius 3 is 2.93 bits per heavy atom. The van der Waals surface area contributed by atoms with Gasteiger partial charge in [0.1, 0.15) is 18.1 Å². The number of nitrogens with one attached hydrogen (secondary N) is 1. The van der Waals surface area contributed by atoms with E-state index in [1.165, 1.54) is 4.90 Å². The lowest BCUT2D eigenvalue weighted by molar-refractivity contribution is -0.121. The van der Waals surface area contributed by atoms with Crippen molar-refractivity contribution in [3.8, 4) is 0 Å². The average Bonchev–Trinajstić information content (AvgIpc) is 3.29. The van der Waals surface area contributed by atoms with Crippen molar-refractivity contribution < 1.29 is 18.5 Å². The van der Waals surface area contributed by atoms with Crippen molar-refractivity contribution in [3.63, 3.8) is 0 Å². The van der Waals surface area contributed by atoms with Crippen LogP contribution in [0.1, 0.15) is 23.2 Å². The van der Waals surface area contributed by atoms with Crippen LogP contribution in [0.5, 0.6) is 0 Å². The van der Waals surface area contributed by atoms with Crippen molar-refractivity contribution in [1.29, 1.82) is 0 Å². The molecular weight excluding hydrogens is 366 g/mol. The Morgan fingerprint density at radius 1 is 1.33 bits per heavy atom. The number of carbonyl (C=O) groups excluding carboxylic acids is 2. The van der Waals surface area contributed by atoms with Gasteiger partial charge in [0.15, 0.2) is 5.82 Å². The van der Waals surface area contributed by atoms with Gasteiger partial charge in [-0.3, -0.25) is 9.59 Å². The Bertz CT molecular complexity index is 967. The number of hydrogen-bond acceptors (Lipinski definition) is 6. The summed E-state index contributed by atoms with van der Waals surface area (Å²) in [7, 11) is 0. The molecule has 1 aliphatic heterocycles. The molecule has 27 heavy (non-hydrogen) atoms. The summed E-state index contributed by atoms with van der Waals surface area (Å²) in [5.41, 5.74) is 0.716. The van der Waals surface area contributed by atoms with Gasteiger partial charge in [-0.1, -0.05) is 17.3 Å². The lowest BCUT2D eigenvalue weighted by Gasteiger charge is -2.21. The van der Waals surface area contributed by atoms with E-state index in [0.29, 0.717) is 17.3 Å². The van der Waals surface area contributed by atoms with Crippen molar-refractivity contribution in [1.82, 2.24) is 5.16 Å². The van der Waals surface area contributed by atoms with Gasteiger partial charge in [-0.05, 0) is 31.2 Å². The first-order chi connectivity index (χ1) is 13.1. The maximum atomic E-state index is 12.9. The number of amides is 2. The molecule has 7 nitrogen and oxygen atoms in total. The number of carbonyl (C=O) groups is 2. The molecule has 2 aromatic heterocycles. The maximum absolute atomic E-state index is 12.9. The Labute approximate surface area is 159 Å². The molecule has 0 fully saturated rings. The number of anilines is 2. The van der Waals surface area contributed by atoms with E-state index in [1.54, 1.807) is 31.0 Å². The van der Waals surface area contributed by atoms with E-state index in [2.05, 4.69) is 10.5 Å². The molecule has 2 amide bonds. The van der Waals surface area contributed by atoms with Gasteiger partial charge in [-0.25, -0.2) is 0 Å². The normalized spacial score (nSPS) is 16.7. The van der Waals surface area contributed by atoms with Crippen LogP contribution in [-0.2, 0) is 9.59 Å². The molecule has 0 saturated heterocycles. The molecule has 138 valence electrons. The Hall–Kier alpha value is -3.00. The van der Waals surface area contributed by atoms with Crippen LogP contribution in [0.3, 0.4) is 0 Å². The van der Waals surface area contributed by atoms with Gasteiger partial charge >= 0.3 is 0 Å². The van der Waals surface area contributed by atoms with Crippen molar-refractivity contribution in [3.05, 3.63) is 60.2 Å². The Kier molecular flexibility index (Phi) is 4.72. The zero-order valence-electron chi connectivity index (χ0n) is 14.5. The zero-order chi connectivity index (χ0) is 18.8. The van der Waals surface area contributed by atoms with Crippen molar-refractivity contribution in [2.75, 3.05) is 16.8 Å². The molecule has 1 atom stereocenters. The highest BCUT2D eigenvalue weighted by Gasteiger charge is 2.31. The number of aromatic nitrogens is 1. The number of para-hydroxylation sites is 1. The van der Waals surface area contributed by atoms with Gasteiger partial charge in [-0.15, -0.1) is 11.8 Å². The van der Waals surface area contributed by atoms with Gasteiger partial charge in [0.2, 0.25) is 11.8 Å². The standard InChI is InChI=1S/C19H17N3O4S/c1-12-9-17(21-26-12)20-18(23)11-22-13-5-2-3-7-15(13)27-16(10-19(22)24)14-6-4-8-25-14/h2-9,16H,10-11H2,1H3,(H,20,21,23)/t16-/m1/s1. The lowest BCUT2D eigenvalue weighted by Crippen LogP contribution is -2.38. The van der Waals surface area contributed by atoms with E-state index in [0.717, 1.165) is 10.7 Å². The molecule has 0 aliphatic carbocycles. The number of fused-ring (bicyclic) bond motifs is 1. The summed E-state index contributed by atoms with van der Waals surface area (Å²) in [6.07, 6.45) is 1.84. The third-order valence-corrected chi connectivity index (χ3v) is 5.43. The summed E-state index contributed by atoms with van der Waals surface area (Å²) < 4.78 is 10.4. The number of hydrogen-bond donors (Lipinski definition) is 1. The van der Waals surface area contributed by atoms with E-state index in [4.69, 9.17) is 8.94 Å². The van der Waals surface area contributed by atoms with E-state index in [-0.39, 0.29) is 30.0 Å². The van der Waals surface area contributed by atoms with Crippen LogP contribution < -0.4 is 10.2 Å². The predicted molar refractivity (Wildman–Crippen MR) is 101 cm³/mol. The highest BCUT2D eigenvalue weighted by molar-refractivity contribution is 7.99. The fourth-order valence-electron chi connectivity index (χ4n) is 2.94. The van der Waals surface area contributed by atoms with Crippen molar-refractivity contribution >= 4 is 35.1 Å². The van der Waals surface area contributed by atoms with Crippen LogP contribution in [0.4, 0.5) is 11.5 Å². The number of benzene rings is 1. The maximum Gasteiger partial charge on any atom is 0.245 e. The van der Waals surface area contributed by atoms with Crippen LogP contribution in [0.2, 0.25) is 0 Å². The molecular formula is C19H17N3O4S. The van der Waals surface area contributed by atoms with Gasteiger partial charge in [0.05, 0.1) is 17.2 Å². The van der Waals surface area contributed by atoms with Crippen molar-refractivity contribution in [2.45, 2.75) is 23.5 Å². The average molecular weight is 383 g/mol. The van der Waals surface area contributed by atoms with Crippen LogP contribution in [0.25, 0.3) is 0 Å². The third kappa shape index (κ3) is 3.75. The topological polar surface area (TPSA) is 88.6 Å². The van der Waals surface area contributed by atoms with E-state index >= 15 is 0 Å². The second-order valence-corrected chi connectivity index (χ2v) is 7.39. The second-order valence-electron chi connectivity index (χ2n) is 6.14. The van der Waals surface area contributed by atoms with E-state index in [1.807, 2.05) is 36.4 Å². The van der Waals surface area contributed by atoms with Crippen LogP contribution in [-0.4, -0.2) is 23.5 Å². The first kappa shape index (κ1) is 17.4. The molecule has 0 spiro atoms. The summed E-state index contributed by atoms with van der Waals surface area (Å²) in [5.74, 6) is 1.19. The smallest absolute Gasteiger partial charge is 0.245 e. The quantitative estimate of drug-likeness (QED) is 0.737. The highest BCUT2D eigenvalue weighted by Crippen LogP contribution is 2.45. The zero-order valence-corrected chi connectivity index (χ0v) is 15.4. The van der Waals surface area contributed by atoms with Crippen LogP contribution in [0.15, 0.2) is 62.6 Å². The van der Waals surface area contributed by atoms with E-state index in [9.17, 15) is 9.59 Å². The number of aryl methyl sites for hydroxylation is 1. The van der Waals surface area contributed by atoms with Crippen molar-refractivity contribution in [2.24, 2.45) is 0 Å². The minimum absolute atomic E-state index is 0.104. The van der Waals surface area contributed by atoms with Gasteiger partial charge < -0.3 is 19.2 Å². The molecule has 8 heteroatoms. The largest absolute Gasteiger partial charge is 0.468 e. The van der Waals surface area contributed by atoms with Crippen LogP contribution in [0, 0.1) is 6.92 Å². The Balaban J connectivity index is 1.58. The second kappa shape index (κ2) is 7.32. The summed E-state index contributed by atoms with van der Waals surface area (Å²) >= 11 is 1.56. The molecule has 0 bridgehead atoms. The van der Waals surface area contributed by atoms with Gasteiger partial charge in [0.25, 0.3) is 0 Å². The van der Waals surface area contributed by atoms with E-state index < -0.39 is 0 Å². The first-order valence-corrected chi connectivity index (χ1v) is 9.31. The molecule has 3 heterocycles. The molecule has 0 radical (unpaired) electrons. The number of thioether (sulfide) groups is 1. The highest BCUT2D eigenvalue weighted by atomic mass is 32.2.